The third-order valence-corrected chi connectivity index (χ3v) is 1.62. The van der Waals surface area contributed by atoms with Gasteiger partial charge in [-0.25, -0.2) is 0 Å². The lowest BCUT2D eigenvalue weighted by Crippen LogP contribution is -2.17. The molecule has 0 aromatic heterocycles. The Balaban J connectivity index is 2.39. The second-order valence-corrected chi connectivity index (χ2v) is 2.40. The van der Waals surface area contributed by atoms with Gasteiger partial charge in [-0.1, -0.05) is 0 Å². The van der Waals surface area contributed by atoms with Gasteiger partial charge in [0.15, 0.2) is 0 Å². The maximum atomic E-state index is 10.3. The molecule has 0 unspecified atom stereocenters. The summed E-state index contributed by atoms with van der Waals surface area (Å²) in [5.74, 6) is -0.872. The number of carbonyl (C=O) groups is 1. The van der Waals surface area contributed by atoms with E-state index in [9.17, 15) is 4.79 Å². The molecule has 3 heteroatoms. The molecule has 1 aliphatic rings. The average molecular weight is 128 g/mol. The molecule has 1 saturated heterocycles. The van der Waals surface area contributed by atoms with Gasteiger partial charge in [-0.3, -0.25) is 4.79 Å². The van der Waals surface area contributed by atoms with Crippen molar-refractivity contribution < 1.29 is 9.90 Å². The first kappa shape index (κ1) is 6.55. The molecule has 0 saturated carbocycles. The van der Waals surface area contributed by atoms with E-state index >= 15 is 0 Å². The van der Waals surface area contributed by atoms with Crippen molar-refractivity contribution in [3.63, 3.8) is 0 Å². The smallest absolute Gasteiger partial charge is 0.307 e. The van der Waals surface area contributed by atoms with Crippen LogP contribution in [0.1, 0.15) is 6.42 Å². The van der Waals surface area contributed by atoms with Crippen LogP contribution < -0.4 is 0 Å². The zero-order chi connectivity index (χ0) is 6.85. The summed E-state index contributed by atoms with van der Waals surface area (Å²) >= 11 is 0. The number of nitrogens with zero attached hydrogens (tertiary/aromatic N) is 1. The average Bonchev–Trinajstić information content (AvgIpc) is 2.14. The van der Waals surface area contributed by atoms with Gasteiger partial charge >= 0.3 is 5.97 Å². The molecule has 0 amide bonds. The lowest BCUT2D eigenvalue weighted by atomic mass is 10.1. The summed E-state index contributed by atoms with van der Waals surface area (Å²) in [6.45, 7) is 1.42. The molecule has 1 atom stereocenters. The fourth-order valence-electron chi connectivity index (χ4n) is 1.03. The van der Waals surface area contributed by atoms with Crippen LogP contribution in [-0.2, 0) is 4.79 Å². The summed E-state index contributed by atoms with van der Waals surface area (Å²) in [7, 11) is 3.64. The van der Waals surface area contributed by atoms with E-state index in [-0.39, 0.29) is 5.92 Å². The summed E-state index contributed by atoms with van der Waals surface area (Å²) in [6, 6.07) is 0. The van der Waals surface area contributed by atoms with Gasteiger partial charge in [0.25, 0.3) is 0 Å². The molecule has 0 aliphatic carbocycles. The minimum atomic E-state index is -0.693. The molecule has 0 bridgehead atoms. The van der Waals surface area contributed by atoms with Gasteiger partial charge in [0.1, 0.15) is 0 Å². The second kappa shape index (κ2) is 2.35. The fourth-order valence-corrected chi connectivity index (χ4v) is 1.03. The third kappa shape index (κ3) is 1.42. The number of likely N-dealkylation sites (tertiary alicyclic amines) is 1. The van der Waals surface area contributed by atoms with Gasteiger partial charge in [-0.05, 0) is 13.0 Å². The highest BCUT2D eigenvalue weighted by atomic mass is 16.4. The summed E-state index contributed by atoms with van der Waals surface area (Å²) in [4.78, 5) is 12.1. The molecule has 1 fully saturated rings. The van der Waals surface area contributed by atoms with Gasteiger partial charge in [0, 0.05) is 13.6 Å². The van der Waals surface area contributed by atoms with Crippen molar-refractivity contribution in [3.8, 4) is 0 Å². The molecule has 1 N–H and O–H groups in total. The van der Waals surface area contributed by atoms with Crippen molar-refractivity contribution in [2.45, 2.75) is 6.42 Å². The Bertz CT molecular complexity index is 124. The summed E-state index contributed by atoms with van der Waals surface area (Å²) < 4.78 is 0. The summed E-state index contributed by atoms with van der Waals surface area (Å²) in [5, 5.41) is 8.48. The molecule has 1 radical (unpaired) electrons. The molecular weight excluding hydrogens is 118 g/mol. The molecule has 1 rings (SSSR count). The van der Waals surface area contributed by atoms with Crippen LogP contribution in [0.5, 0.6) is 0 Å². The van der Waals surface area contributed by atoms with E-state index in [1.165, 1.54) is 0 Å². The predicted octanol–water partition coefficient (Wildman–Crippen LogP) is 0.184. The first-order valence-electron chi connectivity index (χ1n) is 2.98. The Morgan fingerprint density at radius 1 is 1.78 bits per heavy atom. The second-order valence-electron chi connectivity index (χ2n) is 2.40. The van der Waals surface area contributed by atoms with Crippen LogP contribution in [0.15, 0.2) is 0 Å². The number of aliphatic carboxylic acids is 1. The minimum Gasteiger partial charge on any atom is -0.481 e. The Morgan fingerprint density at radius 2 is 2.44 bits per heavy atom. The van der Waals surface area contributed by atoms with E-state index in [1.807, 2.05) is 0 Å². The molecule has 1 heterocycles. The number of hydrogen-bond donors (Lipinski definition) is 1. The number of carboxylic acid groups (broad SMARTS) is 1. The Labute approximate surface area is 54.3 Å². The van der Waals surface area contributed by atoms with E-state index in [1.54, 1.807) is 4.90 Å². The quantitative estimate of drug-likeness (QED) is 0.547. The molecule has 1 aliphatic heterocycles. The van der Waals surface area contributed by atoms with Crippen LogP contribution >= 0.6 is 0 Å². The van der Waals surface area contributed by atoms with Crippen molar-refractivity contribution >= 4 is 5.97 Å². The highest BCUT2D eigenvalue weighted by Crippen LogP contribution is 2.14. The number of carboxylic acids is 1. The van der Waals surface area contributed by atoms with Crippen molar-refractivity contribution in [2.75, 3.05) is 13.1 Å². The van der Waals surface area contributed by atoms with Crippen molar-refractivity contribution in [1.82, 2.24) is 4.90 Å². The monoisotopic (exact) mass is 128 g/mol. The zero-order valence-corrected chi connectivity index (χ0v) is 5.21. The number of hydrogen-bond acceptors (Lipinski definition) is 2. The first-order valence-corrected chi connectivity index (χ1v) is 2.98. The highest BCUT2D eigenvalue weighted by molar-refractivity contribution is 5.70. The third-order valence-electron chi connectivity index (χ3n) is 1.62. The van der Waals surface area contributed by atoms with E-state index in [4.69, 9.17) is 5.11 Å². The summed E-state index contributed by atoms with van der Waals surface area (Å²) in [6.07, 6.45) is 0.749. The van der Waals surface area contributed by atoms with Crippen molar-refractivity contribution in [2.24, 2.45) is 5.92 Å². The maximum absolute atomic E-state index is 10.3. The molecule has 9 heavy (non-hydrogen) atoms. The Morgan fingerprint density at radius 3 is 2.67 bits per heavy atom. The molecular formula is C6H10NO2. The molecule has 0 aromatic carbocycles. The molecule has 3 nitrogen and oxygen atoms in total. The van der Waals surface area contributed by atoms with Crippen LogP contribution in [0.3, 0.4) is 0 Å². The first-order chi connectivity index (χ1) is 4.20. The van der Waals surface area contributed by atoms with E-state index in [0.29, 0.717) is 6.54 Å². The van der Waals surface area contributed by atoms with Crippen molar-refractivity contribution in [3.05, 3.63) is 7.05 Å². The van der Waals surface area contributed by atoms with Gasteiger partial charge < -0.3 is 10.0 Å². The predicted molar refractivity (Wildman–Crippen MR) is 32.7 cm³/mol. The van der Waals surface area contributed by atoms with Gasteiger partial charge in [-0.2, -0.15) is 0 Å². The van der Waals surface area contributed by atoms with E-state index in [2.05, 4.69) is 7.05 Å². The van der Waals surface area contributed by atoms with Crippen LogP contribution in [0.25, 0.3) is 0 Å². The largest absolute Gasteiger partial charge is 0.481 e. The van der Waals surface area contributed by atoms with Crippen LogP contribution in [0.2, 0.25) is 0 Å². The fraction of sp³-hybridized carbons (Fsp3) is 0.667. The van der Waals surface area contributed by atoms with Gasteiger partial charge in [0.05, 0.1) is 5.92 Å². The SMILES string of the molecule is [CH2]N1CC[C@@H](C(=O)O)C1. The molecule has 0 aromatic rings. The van der Waals surface area contributed by atoms with Crippen LogP contribution in [0, 0.1) is 13.0 Å². The van der Waals surface area contributed by atoms with Gasteiger partial charge in [-0.15, -0.1) is 0 Å². The summed E-state index contributed by atoms with van der Waals surface area (Å²) in [5.41, 5.74) is 0. The topological polar surface area (TPSA) is 40.5 Å². The molecule has 0 spiro atoms. The zero-order valence-electron chi connectivity index (χ0n) is 5.21. The van der Waals surface area contributed by atoms with Crippen molar-refractivity contribution in [1.29, 1.82) is 0 Å². The van der Waals surface area contributed by atoms with E-state index < -0.39 is 5.97 Å². The lowest BCUT2D eigenvalue weighted by Gasteiger charge is -2.03. The number of rotatable bonds is 1. The van der Waals surface area contributed by atoms with Crippen LogP contribution in [-0.4, -0.2) is 29.1 Å². The maximum Gasteiger partial charge on any atom is 0.307 e. The normalized spacial score (nSPS) is 28.8. The van der Waals surface area contributed by atoms with Gasteiger partial charge in [0.2, 0.25) is 0 Å². The minimum absolute atomic E-state index is 0.178. The highest BCUT2D eigenvalue weighted by Gasteiger charge is 2.25. The van der Waals surface area contributed by atoms with Crippen LogP contribution in [0.4, 0.5) is 0 Å². The lowest BCUT2D eigenvalue weighted by molar-refractivity contribution is -0.141. The Kier molecular flexibility index (Phi) is 1.71. The molecule has 51 valence electrons. The Hall–Kier alpha value is -0.570. The standard InChI is InChI=1S/C6H10NO2/c1-7-3-2-5(4-7)6(8)9/h5H,1-4H2,(H,8,9)/t5-/m1/s1. The van der Waals surface area contributed by atoms with E-state index in [0.717, 1.165) is 13.0 Å².